The minimum Gasteiger partial charge on any atom is -0.481 e. The molecule has 104 valence electrons. The van der Waals surface area contributed by atoms with Crippen molar-refractivity contribution in [1.29, 1.82) is 0 Å². The predicted molar refractivity (Wildman–Crippen MR) is 79.7 cm³/mol. The number of halogens is 3. The molecule has 0 fully saturated rings. The molecule has 0 aliphatic rings. The molecule has 2 aromatic rings. The summed E-state index contributed by atoms with van der Waals surface area (Å²) in [7, 11) is 0. The average molecular weight is 359 g/mol. The fourth-order valence-electron chi connectivity index (χ4n) is 1.50. The molecule has 20 heavy (non-hydrogen) atoms. The summed E-state index contributed by atoms with van der Waals surface area (Å²) >= 11 is 8.94. The van der Waals surface area contributed by atoms with Crippen molar-refractivity contribution in [3.63, 3.8) is 0 Å². The van der Waals surface area contributed by atoms with Gasteiger partial charge >= 0.3 is 0 Å². The number of nitrogens with one attached hydrogen (secondary N) is 1. The van der Waals surface area contributed by atoms with Crippen LogP contribution >= 0.6 is 27.5 Å². The van der Waals surface area contributed by atoms with Crippen molar-refractivity contribution >= 4 is 39.1 Å². The van der Waals surface area contributed by atoms with Gasteiger partial charge in [0.05, 0.1) is 0 Å². The molecule has 0 aromatic heterocycles. The number of carbonyl (C=O) groups excluding carboxylic acids is 1. The normalized spacial score (nSPS) is 10.2. The second-order valence-electron chi connectivity index (χ2n) is 3.92. The third kappa shape index (κ3) is 4.21. The summed E-state index contributed by atoms with van der Waals surface area (Å²) in [5.74, 6) is -0.904. The molecule has 1 amide bonds. The van der Waals surface area contributed by atoms with Gasteiger partial charge in [-0.25, -0.2) is 4.39 Å². The van der Waals surface area contributed by atoms with Crippen LogP contribution in [0.2, 0.25) is 5.02 Å². The SMILES string of the molecule is O=C(COc1ccc(Br)cc1F)Nc1cccc(Cl)c1. The Kier molecular flexibility index (Phi) is 4.98. The lowest BCUT2D eigenvalue weighted by atomic mass is 10.3. The van der Waals surface area contributed by atoms with Crippen LogP contribution in [-0.2, 0) is 4.79 Å². The third-order valence-corrected chi connectivity index (χ3v) is 3.09. The molecule has 0 spiro atoms. The zero-order valence-corrected chi connectivity index (χ0v) is 12.5. The molecule has 0 saturated carbocycles. The first-order valence-electron chi connectivity index (χ1n) is 5.68. The van der Waals surface area contributed by atoms with Gasteiger partial charge in [-0.1, -0.05) is 33.6 Å². The summed E-state index contributed by atoms with van der Waals surface area (Å²) in [6, 6.07) is 11.1. The Hall–Kier alpha value is -1.59. The molecule has 0 radical (unpaired) electrons. The molecule has 0 bridgehead atoms. The van der Waals surface area contributed by atoms with Crippen LogP contribution < -0.4 is 10.1 Å². The number of amides is 1. The molecule has 3 nitrogen and oxygen atoms in total. The van der Waals surface area contributed by atoms with Gasteiger partial charge in [-0.15, -0.1) is 0 Å². The molecule has 1 N–H and O–H groups in total. The quantitative estimate of drug-likeness (QED) is 0.887. The summed E-state index contributed by atoms with van der Waals surface area (Å²) in [6.07, 6.45) is 0. The number of carbonyl (C=O) groups is 1. The highest BCUT2D eigenvalue weighted by molar-refractivity contribution is 9.10. The van der Waals surface area contributed by atoms with E-state index >= 15 is 0 Å². The van der Waals surface area contributed by atoms with E-state index in [2.05, 4.69) is 21.2 Å². The van der Waals surface area contributed by atoms with Crippen LogP contribution in [0.4, 0.5) is 10.1 Å². The first-order valence-corrected chi connectivity index (χ1v) is 6.85. The van der Waals surface area contributed by atoms with Crippen molar-refractivity contribution < 1.29 is 13.9 Å². The second kappa shape index (κ2) is 6.72. The topological polar surface area (TPSA) is 38.3 Å². The zero-order valence-electron chi connectivity index (χ0n) is 10.2. The van der Waals surface area contributed by atoms with Gasteiger partial charge < -0.3 is 10.1 Å². The monoisotopic (exact) mass is 357 g/mol. The third-order valence-electron chi connectivity index (χ3n) is 2.36. The van der Waals surface area contributed by atoms with Crippen LogP contribution in [0.5, 0.6) is 5.75 Å². The molecular formula is C14H10BrClFNO2. The van der Waals surface area contributed by atoms with Crippen molar-refractivity contribution in [2.24, 2.45) is 0 Å². The second-order valence-corrected chi connectivity index (χ2v) is 5.27. The van der Waals surface area contributed by atoms with Crippen LogP contribution in [-0.4, -0.2) is 12.5 Å². The summed E-state index contributed by atoms with van der Waals surface area (Å²) in [5, 5.41) is 3.12. The standard InChI is InChI=1S/C14H10BrClFNO2/c15-9-4-5-13(12(17)6-9)20-8-14(19)18-11-3-1-2-10(16)7-11/h1-7H,8H2,(H,18,19). The molecule has 0 unspecified atom stereocenters. The molecule has 2 aromatic carbocycles. The largest absolute Gasteiger partial charge is 0.481 e. The first-order chi connectivity index (χ1) is 9.54. The summed E-state index contributed by atoms with van der Waals surface area (Å²) < 4.78 is 19.2. The van der Waals surface area contributed by atoms with E-state index in [0.717, 1.165) is 0 Å². The van der Waals surface area contributed by atoms with Gasteiger partial charge in [-0.2, -0.15) is 0 Å². The molecule has 6 heteroatoms. The Morgan fingerprint density at radius 3 is 2.80 bits per heavy atom. The van der Waals surface area contributed by atoms with E-state index in [4.69, 9.17) is 16.3 Å². The fourth-order valence-corrected chi connectivity index (χ4v) is 2.02. The van der Waals surface area contributed by atoms with E-state index in [-0.39, 0.29) is 12.4 Å². The van der Waals surface area contributed by atoms with Gasteiger partial charge in [-0.05, 0) is 36.4 Å². The molecule has 0 aliphatic heterocycles. The average Bonchev–Trinajstić information content (AvgIpc) is 2.37. The Morgan fingerprint density at radius 1 is 1.30 bits per heavy atom. The highest BCUT2D eigenvalue weighted by Crippen LogP contribution is 2.21. The van der Waals surface area contributed by atoms with Gasteiger partial charge in [0.25, 0.3) is 5.91 Å². The van der Waals surface area contributed by atoms with Crippen molar-refractivity contribution in [2.75, 3.05) is 11.9 Å². The maximum Gasteiger partial charge on any atom is 0.262 e. The number of rotatable bonds is 4. The number of anilines is 1. The van der Waals surface area contributed by atoms with Gasteiger partial charge in [0.1, 0.15) is 0 Å². The van der Waals surface area contributed by atoms with Gasteiger partial charge in [0, 0.05) is 15.2 Å². The Bertz CT molecular complexity index is 636. The van der Waals surface area contributed by atoms with E-state index in [9.17, 15) is 9.18 Å². The Balaban J connectivity index is 1.92. The van der Waals surface area contributed by atoms with E-state index < -0.39 is 11.7 Å². The predicted octanol–water partition coefficient (Wildman–Crippen LogP) is 4.26. The molecule has 2 rings (SSSR count). The molecule has 0 aliphatic carbocycles. The number of ether oxygens (including phenoxy) is 1. The maximum absolute atomic E-state index is 13.5. The fraction of sp³-hybridized carbons (Fsp3) is 0.0714. The summed E-state index contributed by atoms with van der Waals surface area (Å²) in [5.41, 5.74) is 0.558. The van der Waals surface area contributed by atoms with E-state index in [1.165, 1.54) is 12.1 Å². The zero-order chi connectivity index (χ0) is 14.5. The lowest BCUT2D eigenvalue weighted by Gasteiger charge is -2.08. The minimum atomic E-state index is -0.532. The van der Waals surface area contributed by atoms with E-state index in [1.807, 2.05) is 0 Å². The molecular weight excluding hydrogens is 349 g/mol. The number of benzene rings is 2. The van der Waals surface area contributed by atoms with Crippen LogP contribution in [0, 0.1) is 5.82 Å². The summed E-state index contributed by atoms with van der Waals surface area (Å²) in [6.45, 7) is -0.287. The highest BCUT2D eigenvalue weighted by atomic mass is 79.9. The Morgan fingerprint density at radius 2 is 2.10 bits per heavy atom. The van der Waals surface area contributed by atoms with Gasteiger partial charge in [-0.3, -0.25) is 4.79 Å². The van der Waals surface area contributed by atoms with Crippen LogP contribution in [0.3, 0.4) is 0 Å². The lowest BCUT2D eigenvalue weighted by molar-refractivity contribution is -0.118. The van der Waals surface area contributed by atoms with Crippen molar-refractivity contribution in [3.8, 4) is 5.75 Å². The van der Waals surface area contributed by atoms with Crippen LogP contribution in [0.1, 0.15) is 0 Å². The van der Waals surface area contributed by atoms with Crippen molar-refractivity contribution in [2.45, 2.75) is 0 Å². The highest BCUT2D eigenvalue weighted by Gasteiger charge is 2.08. The van der Waals surface area contributed by atoms with Gasteiger partial charge in [0.15, 0.2) is 18.2 Å². The van der Waals surface area contributed by atoms with Crippen molar-refractivity contribution in [3.05, 3.63) is 57.8 Å². The summed E-state index contributed by atoms with van der Waals surface area (Å²) in [4.78, 5) is 11.7. The molecule has 0 atom stereocenters. The molecule has 0 saturated heterocycles. The van der Waals surface area contributed by atoms with Gasteiger partial charge in [0.2, 0.25) is 0 Å². The van der Waals surface area contributed by atoms with E-state index in [1.54, 1.807) is 30.3 Å². The minimum absolute atomic E-state index is 0.0226. The number of hydrogen-bond acceptors (Lipinski definition) is 2. The number of hydrogen-bond donors (Lipinski definition) is 1. The van der Waals surface area contributed by atoms with Crippen molar-refractivity contribution in [1.82, 2.24) is 0 Å². The van der Waals surface area contributed by atoms with Crippen LogP contribution in [0.25, 0.3) is 0 Å². The lowest BCUT2D eigenvalue weighted by Crippen LogP contribution is -2.20. The Labute approximate surface area is 128 Å². The first kappa shape index (κ1) is 14.8. The molecule has 0 heterocycles. The van der Waals surface area contributed by atoms with Crippen LogP contribution in [0.15, 0.2) is 46.9 Å². The maximum atomic E-state index is 13.5. The van der Waals surface area contributed by atoms with E-state index in [0.29, 0.717) is 15.2 Å². The smallest absolute Gasteiger partial charge is 0.262 e.